The molecular weight excluding hydrogens is 308 g/mol. The number of halogens is 1. The number of ether oxygens (including phenoxy) is 2. The summed E-state index contributed by atoms with van der Waals surface area (Å²) in [4.78, 5) is 11.4. The molecule has 0 saturated heterocycles. The number of carbonyl (C=O) groups is 1. The molecule has 2 rings (SSSR count). The van der Waals surface area contributed by atoms with Gasteiger partial charge in [0.2, 0.25) is 0 Å². The summed E-state index contributed by atoms with van der Waals surface area (Å²) in [5.41, 5.74) is 1.61. The molecule has 0 spiro atoms. The highest BCUT2D eigenvalue weighted by Gasteiger charge is 2.16. The van der Waals surface area contributed by atoms with Crippen LogP contribution in [0.25, 0.3) is 0 Å². The Labute approximate surface area is 122 Å². The minimum absolute atomic E-state index is 0.321. The molecule has 1 aromatic rings. The van der Waals surface area contributed by atoms with Gasteiger partial charge in [-0.2, -0.15) is 0 Å². The molecule has 104 valence electrons. The van der Waals surface area contributed by atoms with Gasteiger partial charge in [-0.25, -0.2) is 4.79 Å². The topological polar surface area (TPSA) is 35.5 Å². The highest BCUT2D eigenvalue weighted by atomic mass is 79.9. The van der Waals surface area contributed by atoms with Crippen LogP contribution in [0.1, 0.15) is 41.6 Å². The number of hydrogen-bond donors (Lipinski definition) is 0. The first-order valence-electron chi connectivity index (χ1n) is 6.65. The zero-order chi connectivity index (χ0) is 13.7. The van der Waals surface area contributed by atoms with Crippen molar-refractivity contribution in [3.05, 3.63) is 33.8 Å². The van der Waals surface area contributed by atoms with Crippen molar-refractivity contribution >= 4 is 21.9 Å². The number of rotatable bonds is 6. The van der Waals surface area contributed by atoms with Gasteiger partial charge in [-0.1, -0.05) is 41.3 Å². The SMILES string of the molecule is COC(=O)c1ccc(COCCC2CCC2)c(Br)c1. The molecule has 4 heteroatoms. The van der Waals surface area contributed by atoms with Crippen LogP contribution in [0.4, 0.5) is 0 Å². The molecule has 1 saturated carbocycles. The normalized spacial score (nSPS) is 15.1. The van der Waals surface area contributed by atoms with E-state index in [1.165, 1.54) is 26.4 Å². The van der Waals surface area contributed by atoms with Crippen molar-refractivity contribution in [2.45, 2.75) is 32.3 Å². The second-order valence-electron chi connectivity index (χ2n) is 4.94. The van der Waals surface area contributed by atoms with Crippen molar-refractivity contribution < 1.29 is 14.3 Å². The fraction of sp³-hybridized carbons (Fsp3) is 0.533. The van der Waals surface area contributed by atoms with E-state index in [9.17, 15) is 4.79 Å². The minimum Gasteiger partial charge on any atom is -0.465 e. The van der Waals surface area contributed by atoms with Gasteiger partial charge in [0.1, 0.15) is 0 Å². The largest absolute Gasteiger partial charge is 0.465 e. The molecule has 0 bridgehead atoms. The van der Waals surface area contributed by atoms with Crippen molar-refractivity contribution in [2.24, 2.45) is 5.92 Å². The van der Waals surface area contributed by atoms with Gasteiger partial charge < -0.3 is 9.47 Å². The first-order chi connectivity index (χ1) is 9.20. The molecule has 1 aliphatic carbocycles. The average Bonchev–Trinajstić information content (AvgIpc) is 2.37. The number of methoxy groups -OCH3 is 1. The molecule has 1 aromatic carbocycles. The smallest absolute Gasteiger partial charge is 0.337 e. The molecule has 0 unspecified atom stereocenters. The van der Waals surface area contributed by atoms with Crippen LogP contribution >= 0.6 is 15.9 Å². The van der Waals surface area contributed by atoms with Gasteiger partial charge in [0.05, 0.1) is 19.3 Å². The molecule has 0 heterocycles. The van der Waals surface area contributed by atoms with Gasteiger partial charge in [0, 0.05) is 11.1 Å². The Hall–Kier alpha value is -0.870. The monoisotopic (exact) mass is 326 g/mol. The Bertz CT molecular complexity index is 441. The lowest BCUT2D eigenvalue weighted by Gasteiger charge is -2.24. The number of benzene rings is 1. The third kappa shape index (κ3) is 4.05. The lowest BCUT2D eigenvalue weighted by Crippen LogP contribution is -2.13. The van der Waals surface area contributed by atoms with Crippen molar-refractivity contribution in [3.63, 3.8) is 0 Å². The van der Waals surface area contributed by atoms with E-state index >= 15 is 0 Å². The number of esters is 1. The van der Waals surface area contributed by atoms with Crippen LogP contribution in [0.3, 0.4) is 0 Å². The summed E-state index contributed by atoms with van der Waals surface area (Å²) in [5.74, 6) is 0.559. The van der Waals surface area contributed by atoms with Crippen molar-refractivity contribution in [2.75, 3.05) is 13.7 Å². The Morgan fingerprint density at radius 1 is 1.42 bits per heavy atom. The van der Waals surface area contributed by atoms with E-state index in [1.807, 2.05) is 6.07 Å². The van der Waals surface area contributed by atoms with Crippen LogP contribution in [-0.4, -0.2) is 19.7 Å². The van der Waals surface area contributed by atoms with E-state index in [-0.39, 0.29) is 5.97 Å². The van der Waals surface area contributed by atoms with E-state index in [2.05, 4.69) is 20.7 Å². The summed E-state index contributed by atoms with van der Waals surface area (Å²) in [6.45, 7) is 1.39. The van der Waals surface area contributed by atoms with Gasteiger partial charge >= 0.3 is 5.97 Å². The van der Waals surface area contributed by atoms with Gasteiger partial charge in [0.25, 0.3) is 0 Å². The predicted molar refractivity (Wildman–Crippen MR) is 77.1 cm³/mol. The first kappa shape index (κ1) is 14.5. The minimum atomic E-state index is -0.321. The summed E-state index contributed by atoms with van der Waals surface area (Å²) in [6.07, 6.45) is 5.27. The predicted octanol–water partition coefficient (Wildman–Crippen LogP) is 3.94. The molecule has 1 aliphatic rings. The zero-order valence-corrected chi connectivity index (χ0v) is 12.7. The lowest BCUT2D eigenvalue weighted by atomic mass is 9.83. The van der Waals surface area contributed by atoms with E-state index in [4.69, 9.17) is 4.74 Å². The van der Waals surface area contributed by atoms with Crippen molar-refractivity contribution in [3.8, 4) is 0 Å². The molecule has 0 aromatic heterocycles. The lowest BCUT2D eigenvalue weighted by molar-refractivity contribution is 0.0600. The van der Waals surface area contributed by atoms with Crippen LogP contribution < -0.4 is 0 Å². The maximum atomic E-state index is 11.4. The molecule has 0 atom stereocenters. The van der Waals surface area contributed by atoms with E-state index in [0.29, 0.717) is 12.2 Å². The van der Waals surface area contributed by atoms with Crippen LogP contribution in [-0.2, 0) is 16.1 Å². The summed E-state index contributed by atoms with van der Waals surface area (Å²) >= 11 is 3.46. The quantitative estimate of drug-likeness (QED) is 0.586. The molecule has 19 heavy (non-hydrogen) atoms. The zero-order valence-electron chi connectivity index (χ0n) is 11.2. The van der Waals surface area contributed by atoms with E-state index in [1.54, 1.807) is 12.1 Å². The molecule has 0 radical (unpaired) electrons. The summed E-state index contributed by atoms with van der Waals surface area (Å²) in [7, 11) is 1.38. The molecule has 0 amide bonds. The van der Waals surface area contributed by atoms with Gasteiger partial charge in [0.15, 0.2) is 0 Å². The maximum Gasteiger partial charge on any atom is 0.337 e. The Morgan fingerprint density at radius 2 is 2.21 bits per heavy atom. The third-order valence-electron chi connectivity index (χ3n) is 3.63. The standard InChI is InChI=1S/C15H19BrO3/c1-18-15(17)12-5-6-13(14(16)9-12)10-19-8-7-11-3-2-4-11/h5-6,9,11H,2-4,7-8,10H2,1H3. The molecular formula is C15H19BrO3. The van der Waals surface area contributed by atoms with Crippen LogP contribution in [0, 0.1) is 5.92 Å². The van der Waals surface area contributed by atoms with Crippen LogP contribution in [0.2, 0.25) is 0 Å². The first-order valence-corrected chi connectivity index (χ1v) is 7.44. The van der Waals surface area contributed by atoms with Crippen LogP contribution in [0.15, 0.2) is 22.7 Å². The molecule has 0 aliphatic heterocycles. The van der Waals surface area contributed by atoms with Gasteiger partial charge in [-0.05, 0) is 30.0 Å². The Balaban J connectivity index is 1.81. The van der Waals surface area contributed by atoms with E-state index < -0.39 is 0 Å². The molecule has 1 fully saturated rings. The van der Waals surface area contributed by atoms with Gasteiger partial charge in [-0.15, -0.1) is 0 Å². The number of hydrogen-bond acceptors (Lipinski definition) is 3. The second kappa shape index (κ2) is 7.06. The highest BCUT2D eigenvalue weighted by molar-refractivity contribution is 9.10. The maximum absolute atomic E-state index is 11.4. The van der Waals surface area contributed by atoms with Gasteiger partial charge in [-0.3, -0.25) is 0 Å². The summed E-state index contributed by atoms with van der Waals surface area (Å²) < 4.78 is 11.3. The fourth-order valence-corrected chi connectivity index (χ4v) is 2.62. The molecule has 3 nitrogen and oxygen atoms in total. The third-order valence-corrected chi connectivity index (χ3v) is 4.37. The Morgan fingerprint density at radius 3 is 2.79 bits per heavy atom. The van der Waals surface area contributed by atoms with E-state index in [0.717, 1.165) is 29.0 Å². The van der Waals surface area contributed by atoms with Crippen molar-refractivity contribution in [1.29, 1.82) is 0 Å². The summed E-state index contributed by atoms with van der Waals surface area (Å²) in [6, 6.07) is 5.44. The fourth-order valence-electron chi connectivity index (χ4n) is 2.12. The Kier molecular flexibility index (Phi) is 5.40. The molecule has 0 N–H and O–H groups in total. The highest BCUT2D eigenvalue weighted by Crippen LogP contribution is 2.29. The number of carbonyl (C=O) groups excluding carboxylic acids is 1. The summed E-state index contributed by atoms with van der Waals surface area (Å²) in [5, 5.41) is 0. The van der Waals surface area contributed by atoms with Crippen LogP contribution in [0.5, 0.6) is 0 Å². The second-order valence-corrected chi connectivity index (χ2v) is 5.79. The van der Waals surface area contributed by atoms with Crippen molar-refractivity contribution in [1.82, 2.24) is 0 Å². The average molecular weight is 327 g/mol.